The first-order valence-electron chi connectivity index (χ1n) is 6.02. The Hall–Kier alpha value is -0.590. The molecule has 0 heterocycles. The molecule has 3 nitrogen and oxygen atoms in total. The van der Waals surface area contributed by atoms with Gasteiger partial charge in [-0.15, -0.1) is 0 Å². The molecular weight excluding hydrogens is 188 g/mol. The summed E-state index contributed by atoms with van der Waals surface area (Å²) < 4.78 is 5.79. The zero-order chi connectivity index (χ0) is 10.9. The number of rotatable bonds is 6. The SMILES string of the molecule is CNC1CCC(OCCCCC#N)CC1. The summed E-state index contributed by atoms with van der Waals surface area (Å²) >= 11 is 0. The van der Waals surface area contributed by atoms with Crippen LogP contribution in [0.4, 0.5) is 0 Å². The highest BCUT2D eigenvalue weighted by Crippen LogP contribution is 2.21. The molecule has 1 saturated carbocycles. The van der Waals surface area contributed by atoms with Crippen LogP contribution in [0.3, 0.4) is 0 Å². The van der Waals surface area contributed by atoms with Crippen molar-refractivity contribution in [3.63, 3.8) is 0 Å². The molecule has 0 aromatic heterocycles. The molecule has 1 aliphatic rings. The van der Waals surface area contributed by atoms with E-state index in [0.29, 0.717) is 18.6 Å². The van der Waals surface area contributed by atoms with Crippen LogP contribution in [0.15, 0.2) is 0 Å². The lowest BCUT2D eigenvalue weighted by molar-refractivity contribution is 0.0213. The predicted molar refractivity (Wildman–Crippen MR) is 60.5 cm³/mol. The molecule has 15 heavy (non-hydrogen) atoms. The number of nitrogens with zero attached hydrogens (tertiary/aromatic N) is 1. The Balaban J connectivity index is 1.97. The van der Waals surface area contributed by atoms with Gasteiger partial charge in [0.2, 0.25) is 0 Å². The summed E-state index contributed by atoms with van der Waals surface area (Å²) in [6.45, 7) is 0.830. The van der Waals surface area contributed by atoms with Crippen LogP contribution < -0.4 is 5.32 Å². The summed E-state index contributed by atoms with van der Waals surface area (Å²) in [7, 11) is 2.04. The minimum Gasteiger partial charge on any atom is -0.378 e. The van der Waals surface area contributed by atoms with E-state index in [-0.39, 0.29) is 0 Å². The first-order valence-corrected chi connectivity index (χ1v) is 6.02. The first kappa shape index (κ1) is 12.5. The number of hydrogen-bond donors (Lipinski definition) is 1. The molecule has 0 spiro atoms. The second-order valence-electron chi connectivity index (χ2n) is 4.25. The Morgan fingerprint density at radius 2 is 2.00 bits per heavy atom. The molecule has 0 saturated heterocycles. The molecule has 1 aliphatic carbocycles. The highest BCUT2D eigenvalue weighted by Gasteiger charge is 2.19. The maximum absolute atomic E-state index is 8.37. The molecule has 1 N–H and O–H groups in total. The standard InChI is InChI=1S/C12H22N2O/c1-14-11-5-7-12(8-6-11)15-10-4-2-3-9-13/h11-12,14H,2-8,10H2,1H3. The van der Waals surface area contributed by atoms with Crippen molar-refractivity contribution in [3.8, 4) is 6.07 Å². The first-order chi connectivity index (χ1) is 7.36. The van der Waals surface area contributed by atoms with Gasteiger partial charge >= 0.3 is 0 Å². The van der Waals surface area contributed by atoms with E-state index in [1.165, 1.54) is 25.7 Å². The lowest BCUT2D eigenvalue weighted by Crippen LogP contribution is -2.33. The van der Waals surface area contributed by atoms with Crippen molar-refractivity contribution in [3.05, 3.63) is 0 Å². The summed E-state index contributed by atoms with van der Waals surface area (Å²) in [6.07, 6.45) is 7.97. The molecule has 0 bridgehead atoms. The largest absolute Gasteiger partial charge is 0.378 e. The van der Waals surface area contributed by atoms with E-state index < -0.39 is 0 Å². The lowest BCUT2D eigenvalue weighted by Gasteiger charge is -2.28. The Morgan fingerprint density at radius 3 is 2.60 bits per heavy atom. The van der Waals surface area contributed by atoms with Crippen LogP contribution in [0, 0.1) is 11.3 Å². The second kappa shape index (κ2) is 7.67. The molecule has 1 rings (SSSR count). The molecule has 0 radical (unpaired) electrons. The van der Waals surface area contributed by atoms with Crippen LogP contribution in [-0.2, 0) is 4.74 Å². The fourth-order valence-corrected chi connectivity index (χ4v) is 2.07. The Labute approximate surface area is 92.8 Å². The van der Waals surface area contributed by atoms with Gasteiger partial charge in [0.15, 0.2) is 0 Å². The molecule has 0 unspecified atom stereocenters. The molecule has 0 aromatic rings. The number of nitriles is 1. The average molecular weight is 210 g/mol. The van der Waals surface area contributed by atoms with Crippen LogP contribution in [0.25, 0.3) is 0 Å². The monoisotopic (exact) mass is 210 g/mol. The summed E-state index contributed by atoms with van der Waals surface area (Å²) in [5, 5.41) is 11.7. The van der Waals surface area contributed by atoms with Gasteiger partial charge < -0.3 is 10.1 Å². The van der Waals surface area contributed by atoms with E-state index in [4.69, 9.17) is 10.00 Å². The van der Waals surface area contributed by atoms with E-state index in [9.17, 15) is 0 Å². The predicted octanol–water partition coefficient (Wildman–Crippen LogP) is 2.23. The lowest BCUT2D eigenvalue weighted by atomic mass is 9.93. The van der Waals surface area contributed by atoms with E-state index in [1.54, 1.807) is 0 Å². The molecule has 0 aromatic carbocycles. The van der Waals surface area contributed by atoms with Gasteiger partial charge in [0, 0.05) is 19.1 Å². The Morgan fingerprint density at radius 1 is 1.27 bits per heavy atom. The maximum atomic E-state index is 8.37. The van der Waals surface area contributed by atoms with Gasteiger partial charge in [-0.05, 0) is 45.6 Å². The van der Waals surface area contributed by atoms with E-state index in [1.807, 2.05) is 7.05 Å². The van der Waals surface area contributed by atoms with Gasteiger partial charge in [0.05, 0.1) is 12.2 Å². The third kappa shape index (κ3) is 5.15. The number of hydrogen-bond acceptors (Lipinski definition) is 3. The minimum atomic E-state index is 0.469. The second-order valence-corrected chi connectivity index (χ2v) is 4.25. The quantitative estimate of drug-likeness (QED) is 0.684. The van der Waals surface area contributed by atoms with Crippen LogP contribution in [0.2, 0.25) is 0 Å². The van der Waals surface area contributed by atoms with Crippen molar-refractivity contribution >= 4 is 0 Å². The number of nitrogens with one attached hydrogen (secondary N) is 1. The maximum Gasteiger partial charge on any atom is 0.0621 e. The van der Waals surface area contributed by atoms with Crippen LogP contribution in [0.5, 0.6) is 0 Å². The summed E-state index contributed by atoms with van der Waals surface area (Å²) in [4.78, 5) is 0. The van der Waals surface area contributed by atoms with Crippen molar-refractivity contribution < 1.29 is 4.74 Å². The number of ether oxygens (including phenoxy) is 1. The summed E-state index contributed by atoms with van der Waals surface area (Å²) in [5.41, 5.74) is 0. The molecule has 0 amide bonds. The molecule has 86 valence electrons. The third-order valence-corrected chi connectivity index (χ3v) is 3.12. The van der Waals surface area contributed by atoms with Gasteiger partial charge in [-0.25, -0.2) is 0 Å². The Kier molecular flexibility index (Phi) is 6.38. The van der Waals surface area contributed by atoms with Crippen molar-refractivity contribution in [1.82, 2.24) is 5.32 Å². The molecule has 0 atom stereocenters. The summed E-state index contributed by atoms with van der Waals surface area (Å²) in [5.74, 6) is 0. The minimum absolute atomic E-state index is 0.469. The molecule has 0 aliphatic heterocycles. The van der Waals surface area contributed by atoms with Gasteiger partial charge in [0.25, 0.3) is 0 Å². The number of unbranched alkanes of at least 4 members (excludes halogenated alkanes) is 2. The van der Waals surface area contributed by atoms with Crippen molar-refractivity contribution in [2.45, 2.75) is 57.1 Å². The van der Waals surface area contributed by atoms with Crippen molar-refractivity contribution in [1.29, 1.82) is 5.26 Å². The van der Waals surface area contributed by atoms with Crippen molar-refractivity contribution in [2.24, 2.45) is 0 Å². The Bertz CT molecular complexity index is 192. The van der Waals surface area contributed by atoms with Crippen molar-refractivity contribution in [2.75, 3.05) is 13.7 Å². The molecule has 1 fully saturated rings. The van der Waals surface area contributed by atoms with Crippen LogP contribution >= 0.6 is 0 Å². The fraction of sp³-hybridized carbons (Fsp3) is 0.917. The van der Waals surface area contributed by atoms with E-state index in [2.05, 4.69) is 11.4 Å². The molecular formula is C12H22N2O. The highest BCUT2D eigenvalue weighted by molar-refractivity contribution is 4.76. The van der Waals surface area contributed by atoms with Crippen LogP contribution in [-0.4, -0.2) is 25.8 Å². The van der Waals surface area contributed by atoms with Gasteiger partial charge in [-0.1, -0.05) is 0 Å². The van der Waals surface area contributed by atoms with Crippen LogP contribution in [0.1, 0.15) is 44.9 Å². The average Bonchev–Trinajstić information content (AvgIpc) is 2.30. The van der Waals surface area contributed by atoms with Gasteiger partial charge in [0.1, 0.15) is 0 Å². The van der Waals surface area contributed by atoms with Gasteiger partial charge in [-0.2, -0.15) is 5.26 Å². The topological polar surface area (TPSA) is 45.0 Å². The van der Waals surface area contributed by atoms with E-state index in [0.717, 1.165) is 19.4 Å². The van der Waals surface area contributed by atoms with Gasteiger partial charge in [-0.3, -0.25) is 0 Å². The zero-order valence-corrected chi connectivity index (χ0v) is 9.67. The zero-order valence-electron chi connectivity index (χ0n) is 9.67. The smallest absolute Gasteiger partial charge is 0.0621 e. The fourth-order valence-electron chi connectivity index (χ4n) is 2.07. The third-order valence-electron chi connectivity index (χ3n) is 3.12. The van der Waals surface area contributed by atoms with E-state index >= 15 is 0 Å². The molecule has 3 heteroatoms. The highest BCUT2D eigenvalue weighted by atomic mass is 16.5. The normalized spacial score (nSPS) is 26.1. The summed E-state index contributed by atoms with van der Waals surface area (Å²) in [6, 6.07) is 2.85.